The fourth-order valence-corrected chi connectivity index (χ4v) is 5.28. The molecule has 0 aliphatic carbocycles. The van der Waals surface area contributed by atoms with Crippen LogP contribution < -0.4 is 10.6 Å². The summed E-state index contributed by atoms with van der Waals surface area (Å²) in [5.41, 5.74) is 0.165. The summed E-state index contributed by atoms with van der Waals surface area (Å²) in [7, 11) is 0. The number of pyridine rings is 1. The summed E-state index contributed by atoms with van der Waals surface area (Å²) in [6.45, 7) is 6.61. The second kappa shape index (κ2) is 10.8. The number of anilines is 1. The Kier molecular flexibility index (Phi) is 7.24. The molecule has 202 valence electrons. The maximum atomic E-state index is 14.9. The number of phenols is 1. The van der Waals surface area contributed by atoms with Crippen molar-refractivity contribution in [2.24, 2.45) is 0 Å². The summed E-state index contributed by atoms with van der Waals surface area (Å²) in [5, 5.41) is 20.3. The molecule has 1 N–H and O–H groups in total. The topological polar surface area (TPSA) is 115 Å². The second-order valence-corrected chi connectivity index (χ2v) is 9.78. The van der Waals surface area contributed by atoms with Gasteiger partial charge in [0.25, 0.3) is 0 Å². The lowest BCUT2D eigenvalue weighted by atomic mass is 10.1. The molecule has 9 nitrogen and oxygen atoms in total. The Bertz CT molecular complexity index is 1750. The zero-order chi connectivity index (χ0) is 28.6. The smallest absolute Gasteiger partial charge is 0.355 e. The lowest BCUT2D eigenvalue weighted by Crippen LogP contribution is -2.54. The minimum absolute atomic E-state index is 0.0245. The van der Waals surface area contributed by atoms with Crippen LogP contribution in [0.4, 0.5) is 10.2 Å². The van der Waals surface area contributed by atoms with Crippen LogP contribution in [0.3, 0.4) is 0 Å². The number of carbonyl (C=O) groups is 1. The van der Waals surface area contributed by atoms with Crippen LogP contribution in [0.1, 0.15) is 12.5 Å². The fraction of sp³-hybridized carbons (Fsp3) is 0.207. The molecule has 0 bridgehead atoms. The molecular weight excluding hydrogens is 535 g/mol. The van der Waals surface area contributed by atoms with Gasteiger partial charge in [0.15, 0.2) is 5.65 Å². The zero-order valence-corrected chi connectivity index (χ0v) is 22.3. The average molecular weight is 559 g/mol. The number of fused-ring (bicyclic) bond motifs is 1. The van der Waals surface area contributed by atoms with Gasteiger partial charge >= 0.3 is 5.69 Å². The van der Waals surface area contributed by atoms with E-state index in [4.69, 9.17) is 11.6 Å². The molecular formula is C29H24ClFN6O3. The minimum Gasteiger partial charge on any atom is -0.507 e. The number of piperazine rings is 1. The van der Waals surface area contributed by atoms with Crippen LogP contribution in [0.25, 0.3) is 28.0 Å². The van der Waals surface area contributed by atoms with Gasteiger partial charge in [-0.2, -0.15) is 10.2 Å². The molecule has 11 heteroatoms. The first-order valence-corrected chi connectivity index (χ1v) is 12.9. The van der Waals surface area contributed by atoms with Gasteiger partial charge in [0, 0.05) is 25.7 Å². The quantitative estimate of drug-likeness (QED) is 0.364. The molecule has 1 atom stereocenters. The van der Waals surface area contributed by atoms with E-state index >= 15 is 0 Å². The summed E-state index contributed by atoms with van der Waals surface area (Å²) in [4.78, 5) is 38.6. The Balaban J connectivity index is 1.80. The molecule has 40 heavy (non-hydrogen) atoms. The average Bonchev–Trinajstić information content (AvgIpc) is 2.93. The normalized spacial score (nSPS) is 15.2. The Hall–Kier alpha value is -4.75. The number of hydrogen-bond acceptors (Lipinski definition) is 7. The number of aromatic hydroxyl groups is 1. The van der Waals surface area contributed by atoms with Gasteiger partial charge in [-0.1, -0.05) is 42.4 Å². The van der Waals surface area contributed by atoms with E-state index in [1.54, 1.807) is 35.2 Å². The number of amides is 1. The van der Waals surface area contributed by atoms with Crippen molar-refractivity contribution in [2.45, 2.75) is 19.4 Å². The van der Waals surface area contributed by atoms with Gasteiger partial charge in [-0.05, 0) is 42.8 Å². The second-order valence-electron chi connectivity index (χ2n) is 9.37. The van der Waals surface area contributed by atoms with Crippen molar-refractivity contribution in [2.75, 3.05) is 24.5 Å². The third-order valence-corrected chi connectivity index (χ3v) is 7.21. The van der Waals surface area contributed by atoms with Crippen LogP contribution in [-0.4, -0.2) is 56.1 Å². The van der Waals surface area contributed by atoms with Crippen molar-refractivity contribution in [1.82, 2.24) is 19.4 Å². The van der Waals surface area contributed by atoms with Gasteiger partial charge in [-0.15, -0.1) is 0 Å². The van der Waals surface area contributed by atoms with Gasteiger partial charge < -0.3 is 14.9 Å². The molecule has 1 saturated heterocycles. The number of aromatic nitrogens is 3. The monoisotopic (exact) mass is 558 g/mol. The van der Waals surface area contributed by atoms with Crippen molar-refractivity contribution in [3.8, 4) is 28.8 Å². The first-order valence-electron chi connectivity index (χ1n) is 12.5. The number of hydrogen-bond donors (Lipinski definition) is 1. The first kappa shape index (κ1) is 26.8. The number of para-hydroxylation sites is 1. The summed E-state index contributed by atoms with van der Waals surface area (Å²) in [5.74, 6) is -0.976. The molecule has 2 aromatic carbocycles. The van der Waals surface area contributed by atoms with Gasteiger partial charge in [0.05, 0.1) is 39.8 Å². The molecule has 0 saturated carbocycles. The molecule has 4 aromatic rings. The number of rotatable bonds is 5. The number of halogens is 2. The number of benzene rings is 2. The molecule has 1 fully saturated rings. The van der Waals surface area contributed by atoms with E-state index in [0.717, 1.165) is 0 Å². The van der Waals surface area contributed by atoms with E-state index in [1.807, 2.05) is 11.8 Å². The predicted molar refractivity (Wildman–Crippen MR) is 150 cm³/mol. The summed E-state index contributed by atoms with van der Waals surface area (Å²) < 4.78 is 16.2. The van der Waals surface area contributed by atoms with Crippen molar-refractivity contribution in [3.63, 3.8) is 0 Å². The van der Waals surface area contributed by atoms with Crippen molar-refractivity contribution in [1.29, 1.82) is 5.26 Å². The van der Waals surface area contributed by atoms with E-state index in [1.165, 1.54) is 28.8 Å². The van der Waals surface area contributed by atoms with E-state index in [2.05, 4.69) is 22.6 Å². The maximum Gasteiger partial charge on any atom is 0.355 e. The van der Waals surface area contributed by atoms with Crippen LogP contribution in [0.2, 0.25) is 5.02 Å². The summed E-state index contributed by atoms with van der Waals surface area (Å²) in [6, 6.07) is 14.2. The largest absolute Gasteiger partial charge is 0.507 e. The Morgan fingerprint density at radius 3 is 2.73 bits per heavy atom. The third-order valence-electron chi connectivity index (χ3n) is 6.92. The highest BCUT2D eigenvalue weighted by Gasteiger charge is 2.30. The highest BCUT2D eigenvalue weighted by atomic mass is 35.5. The van der Waals surface area contributed by atoms with Crippen LogP contribution in [0.15, 0.2) is 66.0 Å². The van der Waals surface area contributed by atoms with Gasteiger partial charge in [0.1, 0.15) is 17.4 Å². The number of phenolic OH excluding ortho intramolecular Hbond substituents is 1. The Morgan fingerprint density at radius 1 is 1.25 bits per heavy atom. The predicted octanol–water partition coefficient (Wildman–Crippen LogP) is 4.23. The molecule has 5 rings (SSSR count). The molecule has 3 heterocycles. The van der Waals surface area contributed by atoms with Crippen molar-refractivity contribution >= 4 is 34.4 Å². The first-order chi connectivity index (χ1) is 19.2. The lowest BCUT2D eigenvalue weighted by Gasteiger charge is -2.40. The van der Waals surface area contributed by atoms with Gasteiger partial charge in [-0.25, -0.2) is 18.7 Å². The van der Waals surface area contributed by atoms with Crippen LogP contribution in [-0.2, 0) is 11.2 Å². The van der Waals surface area contributed by atoms with Crippen LogP contribution in [0.5, 0.6) is 5.75 Å². The zero-order valence-electron chi connectivity index (χ0n) is 21.5. The molecule has 0 unspecified atom stereocenters. The van der Waals surface area contributed by atoms with E-state index < -0.39 is 11.5 Å². The standard InChI is InChI=1S/C29H24ClFN6O3/c1-3-24(39)35-13-14-36(17(2)16-35)27-19-15-20(30)26(25-21(31)8-6-10-23(25)38)33-28(19)37(29(40)34-27)22-9-5-4-7-18(22)11-12-32/h3-10,15,17,38H,1,11,13-14,16H2,2H3/t17-/m0/s1. The van der Waals surface area contributed by atoms with E-state index in [-0.39, 0.29) is 46.0 Å². The molecule has 0 radical (unpaired) electrons. The molecule has 0 spiro atoms. The van der Waals surface area contributed by atoms with E-state index in [9.17, 15) is 24.3 Å². The molecule has 2 aromatic heterocycles. The Labute approximate surface area is 234 Å². The SMILES string of the molecule is C=CC(=O)N1CCN(c2nc(=O)n(-c3ccccc3CC#N)c3nc(-c4c(O)cccc4F)c(Cl)cc23)[C@@H](C)C1. The van der Waals surface area contributed by atoms with Gasteiger partial charge in [-0.3, -0.25) is 4.79 Å². The van der Waals surface area contributed by atoms with Gasteiger partial charge in [0.2, 0.25) is 5.91 Å². The lowest BCUT2D eigenvalue weighted by molar-refractivity contribution is -0.126. The van der Waals surface area contributed by atoms with Crippen molar-refractivity contribution < 1.29 is 14.3 Å². The number of nitriles is 1. The Morgan fingerprint density at radius 2 is 2.02 bits per heavy atom. The maximum absolute atomic E-state index is 14.9. The summed E-state index contributed by atoms with van der Waals surface area (Å²) in [6.07, 6.45) is 1.29. The van der Waals surface area contributed by atoms with Crippen LogP contribution in [0, 0.1) is 17.1 Å². The van der Waals surface area contributed by atoms with E-state index in [0.29, 0.717) is 42.1 Å². The van der Waals surface area contributed by atoms with Crippen LogP contribution >= 0.6 is 11.6 Å². The highest BCUT2D eigenvalue weighted by molar-refractivity contribution is 6.34. The molecule has 1 aliphatic rings. The molecule has 1 amide bonds. The minimum atomic E-state index is -0.738. The fourth-order valence-electron chi connectivity index (χ4n) is 5.03. The summed E-state index contributed by atoms with van der Waals surface area (Å²) >= 11 is 6.65. The highest BCUT2D eigenvalue weighted by Crippen LogP contribution is 2.38. The number of nitrogens with zero attached hydrogens (tertiary/aromatic N) is 6. The number of carbonyl (C=O) groups excluding carboxylic acids is 1. The van der Waals surface area contributed by atoms with Crippen molar-refractivity contribution in [3.05, 3.63) is 88.1 Å². The third kappa shape index (κ3) is 4.65. The molecule has 1 aliphatic heterocycles.